The van der Waals surface area contributed by atoms with Gasteiger partial charge >= 0.3 is 0 Å². The number of aliphatic imine (C=N–C) groups is 1. The van der Waals surface area contributed by atoms with Crippen LogP contribution in [-0.2, 0) is 11.2 Å². The van der Waals surface area contributed by atoms with E-state index < -0.39 is 0 Å². The number of guanidine groups is 1. The molecular formula is C18H28FN3O. The number of halogens is 1. The second-order valence-electron chi connectivity index (χ2n) is 6.05. The largest absolute Gasteiger partial charge is 0.379 e. The molecule has 1 aliphatic carbocycles. The summed E-state index contributed by atoms with van der Waals surface area (Å²) in [6.45, 7) is 6.04. The molecule has 0 aliphatic heterocycles. The van der Waals surface area contributed by atoms with E-state index in [1.807, 2.05) is 19.2 Å². The van der Waals surface area contributed by atoms with Crippen molar-refractivity contribution in [3.05, 3.63) is 35.6 Å². The lowest BCUT2D eigenvalue weighted by Gasteiger charge is -2.22. The minimum atomic E-state index is -0.198. The summed E-state index contributed by atoms with van der Waals surface area (Å²) in [7, 11) is 2.03. The molecule has 5 heteroatoms. The van der Waals surface area contributed by atoms with Crippen molar-refractivity contribution in [3.63, 3.8) is 0 Å². The van der Waals surface area contributed by atoms with Gasteiger partial charge in [0.05, 0.1) is 6.61 Å². The molecule has 0 radical (unpaired) electrons. The van der Waals surface area contributed by atoms with E-state index in [9.17, 15) is 4.39 Å². The van der Waals surface area contributed by atoms with E-state index in [0.29, 0.717) is 6.54 Å². The van der Waals surface area contributed by atoms with Gasteiger partial charge in [0.25, 0.3) is 0 Å². The zero-order valence-electron chi connectivity index (χ0n) is 14.2. The quantitative estimate of drug-likeness (QED) is 0.432. The molecule has 23 heavy (non-hydrogen) atoms. The van der Waals surface area contributed by atoms with Gasteiger partial charge in [-0.05, 0) is 49.8 Å². The van der Waals surface area contributed by atoms with Crippen molar-refractivity contribution in [1.82, 2.24) is 10.2 Å². The summed E-state index contributed by atoms with van der Waals surface area (Å²) in [6.07, 6.45) is 3.45. The third-order valence-corrected chi connectivity index (χ3v) is 3.89. The first-order valence-corrected chi connectivity index (χ1v) is 8.50. The molecule has 0 aromatic heterocycles. The molecule has 0 unspecified atom stereocenters. The van der Waals surface area contributed by atoms with E-state index in [1.54, 1.807) is 0 Å². The smallest absolute Gasteiger partial charge is 0.193 e. The van der Waals surface area contributed by atoms with Gasteiger partial charge in [-0.1, -0.05) is 12.1 Å². The Morgan fingerprint density at radius 3 is 2.74 bits per heavy atom. The molecule has 0 saturated heterocycles. The summed E-state index contributed by atoms with van der Waals surface area (Å²) in [5.41, 5.74) is 1.10. The first-order valence-electron chi connectivity index (χ1n) is 8.50. The van der Waals surface area contributed by atoms with Crippen LogP contribution in [0.4, 0.5) is 4.39 Å². The van der Waals surface area contributed by atoms with Crippen LogP contribution in [0.1, 0.15) is 25.3 Å². The number of hydrogen-bond donors (Lipinski definition) is 1. The summed E-state index contributed by atoms with van der Waals surface area (Å²) >= 11 is 0. The van der Waals surface area contributed by atoms with Crippen molar-refractivity contribution < 1.29 is 9.13 Å². The van der Waals surface area contributed by atoms with Crippen molar-refractivity contribution in [2.45, 2.75) is 26.2 Å². The molecule has 0 amide bonds. The van der Waals surface area contributed by atoms with Gasteiger partial charge in [-0.15, -0.1) is 0 Å². The topological polar surface area (TPSA) is 36.9 Å². The summed E-state index contributed by atoms with van der Waals surface area (Å²) in [5, 5.41) is 3.30. The lowest BCUT2D eigenvalue weighted by atomic mass is 10.1. The highest BCUT2D eigenvalue weighted by molar-refractivity contribution is 5.79. The molecule has 1 N–H and O–H groups in total. The maximum atomic E-state index is 12.9. The van der Waals surface area contributed by atoms with Gasteiger partial charge < -0.3 is 15.0 Å². The fraction of sp³-hybridized carbons (Fsp3) is 0.611. The Labute approximate surface area is 138 Å². The number of ether oxygens (including phenoxy) is 1. The molecule has 1 saturated carbocycles. The van der Waals surface area contributed by atoms with Gasteiger partial charge in [0, 0.05) is 33.3 Å². The number of hydrogen-bond acceptors (Lipinski definition) is 2. The number of likely N-dealkylation sites (N-methyl/N-ethyl adjacent to an activating group) is 1. The normalized spacial score (nSPS) is 14.8. The molecule has 1 fully saturated rings. The average molecular weight is 321 g/mol. The number of nitrogens with zero attached hydrogens (tertiary/aromatic N) is 2. The number of benzene rings is 1. The summed E-state index contributed by atoms with van der Waals surface area (Å²) < 4.78 is 18.6. The Kier molecular flexibility index (Phi) is 7.33. The molecule has 4 nitrogen and oxygen atoms in total. The number of nitrogens with one attached hydrogen (secondary N) is 1. The first-order chi connectivity index (χ1) is 11.2. The highest BCUT2D eigenvalue weighted by Gasteiger charge is 2.21. The van der Waals surface area contributed by atoms with Gasteiger partial charge in [0.2, 0.25) is 0 Å². The molecule has 2 rings (SSSR count). The molecule has 0 spiro atoms. The Morgan fingerprint density at radius 2 is 2.09 bits per heavy atom. The van der Waals surface area contributed by atoms with Crippen LogP contribution in [0.25, 0.3) is 0 Å². The standard InChI is InChI=1S/C18H28FN3O/c1-3-20-18(22(2)12-13-23-14-16-4-5-16)21-11-10-15-6-8-17(19)9-7-15/h6-9,16H,3-5,10-14H2,1-2H3,(H,20,21). The maximum Gasteiger partial charge on any atom is 0.193 e. The van der Waals surface area contributed by atoms with Crippen molar-refractivity contribution in [3.8, 4) is 0 Å². The Bertz CT molecular complexity index is 486. The second-order valence-corrected chi connectivity index (χ2v) is 6.05. The van der Waals surface area contributed by atoms with Crippen molar-refractivity contribution in [2.24, 2.45) is 10.9 Å². The highest BCUT2D eigenvalue weighted by Crippen LogP contribution is 2.28. The van der Waals surface area contributed by atoms with Gasteiger partial charge in [0.1, 0.15) is 5.82 Å². The van der Waals surface area contributed by atoms with Crippen LogP contribution in [0.2, 0.25) is 0 Å². The molecule has 128 valence electrons. The van der Waals surface area contributed by atoms with Crippen LogP contribution in [0.15, 0.2) is 29.3 Å². The monoisotopic (exact) mass is 321 g/mol. The molecule has 0 heterocycles. The fourth-order valence-corrected chi connectivity index (χ4v) is 2.25. The zero-order valence-corrected chi connectivity index (χ0v) is 14.2. The van der Waals surface area contributed by atoms with Crippen LogP contribution in [0, 0.1) is 11.7 Å². The third kappa shape index (κ3) is 6.99. The minimum Gasteiger partial charge on any atom is -0.379 e. The SMILES string of the molecule is CCNC(=NCCc1ccc(F)cc1)N(C)CCOCC1CC1. The predicted molar refractivity (Wildman–Crippen MR) is 92.3 cm³/mol. The summed E-state index contributed by atoms with van der Waals surface area (Å²) in [5.74, 6) is 1.50. The predicted octanol–water partition coefficient (Wildman–Crippen LogP) is 2.69. The van der Waals surface area contributed by atoms with Crippen LogP contribution < -0.4 is 5.32 Å². The van der Waals surface area contributed by atoms with Crippen LogP contribution in [0.3, 0.4) is 0 Å². The van der Waals surface area contributed by atoms with E-state index in [-0.39, 0.29) is 5.82 Å². The maximum absolute atomic E-state index is 12.9. The second kappa shape index (κ2) is 9.50. The molecule has 1 aromatic rings. The minimum absolute atomic E-state index is 0.198. The van der Waals surface area contributed by atoms with Crippen molar-refractivity contribution >= 4 is 5.96 Å². The fourth-order valence-electron chi connectivity index (χ4n) is 2.25. The van der Waals surface area contributed by atoms with Crippen molar-refractivity contribution in [1.29, 1.82) is 0 Å². The van der Waals surface area contributed by atoms with E-state index in [0.717, 1.165) is 50.2 Å². The van der Waals surface area contributed by atoms with Crippen LogP contribution in [0.5, 0.6) is 0 Å². The van der Waals surface area contributed by atoms with Crippen molar-refractivity contribution in [2.75, 3.05) is 39.9 Å². The Balaban J connectivity index is 1.74. The van der Waals surface area contributed by atoms with Gasteiger partial charge in [-0.3, -0.25) is 4.99 Å². The van der Waals surface area contributed by atoms with Crippen LogP contribution in [-0.4, -0.2) is 50.8 Å². The van der Waals surface area contributed by atoms with Crippen LogP contribution >= 0.6 is 0 Å². The lowest BCUT2D eigenvalue weighted by Crippen LogP contribution is -2.40. The zero-order chi connectivity index (χ0) is 16.5. The van der Waals surface area contributed by atoms with E-state index >= 15 is 0 Å². The average Bonchev–Trinajstić information content (AvgIpc) is 3.36. The highest BCUT2D eigenvalue weighted by atomic mass is 19.1. The molecule has 1 aromatic carbocycles. The summed E-state index contributed by atoms with van der Waals surface area (Å²) in [6, 6.07) is 6.61. The molecule has 0 bridgehead atoms. The van der Waals surface area contributed by atoms with Gasteiger partial charge in [-0.25, -0.2) is 4.39 Å². The lowest BCUT2D eigenvalue weighted by molar-refractivity contribution is 0.115. The van der Waals surface area contributed by atoms with E-state index in [2.05, 4.69) is 22.1 Å². The first kappa shape index (κ1) is 17.7. The third-order valence-electron chi connectivity index (χ3n) is 3.89. The Morgan fingerprint density at radius 1 is 1.35 bits per heavy atom. The van der Waals surface area contributed by atoms with Gasteiger partial charge in [-0.2, -0.15) is 0 Å². The molecule has 0 atom stereocenters. The van der Waals surface area contributed by atoms with E-state index in [4.69, 9.17) is 4.74 Å². The molecule has 1 aliphatic rings. The van der Waals surface area contributed by atoms with E-state index in [1.165, 1.54) is 25.0 Å². The van der Waals surface area contributed by atoms with Gasteiger partial charge in [0.15, 0.2) is 5.96 Å². The summed E-state index contributed by atoms with van der Waals surface area (Å²) in [4.78, 5) is 6.74. The number of rotatable bonds is 9. The Hall–Kier alpha value is -1.62. The molecular weight excluding hydrogens is 293 g/mol.